The van der Waals surface area contributed by atoms with Gasteiger partial charge in [0, 0.05) is 35.5 Å². The number of nitrogens with one attached hydrogen (secondary N) is 1. The minimum absolute atomic E-state index is 0.00937. The molecule has 176 valence electrons. The molecular formula is C23H15FN4O6S. The van der Waals surface area contributed by atoms with E-state index in [0.717, 1.165) is 23.5 Å². The number of hydrogen-bond donors (Lipinski definition) is 2. The Hall–Kier alpha value is -4.58. The first-order valence-electron chi connectivity index (χ1n) is 10.1. The van der Waals surface area contributed by atoms with Crippen molar-refractivity contribution in [3.63, 3.8) is 0 Å². The van der Waals surface area contributed by atoms with E-state index >= 15 is 4.39 Å². The normalized spacial score (nSPS) is 11.1. The fourth-order valence-electron chi connectivity index (χ4n) is 3.71. The second kappa shape index (κ2) is 8.65. The minimum Gasteiger partial charge on any atom is -0.493 e. The van der Waals surface area contributed by atoms with Crippen LogP contribution in [0.5, 0.6) is 11.5 Å². The van der Waals surface area contributed by atoms with E-state index in [1.54, 1.807) is 30.6 Å². The average molecular weight is 494 g/mol. The standard InChI is InChI=1S/C23H15FN4O6S/c1-33-16-7-12(24)15(28-21(29)18-14(27-23(28)32)10-35-20(18)22(30)31)8-17(16)34-9-11-3-2-4-13-19(11)26-6-5-25-13/h2-8,10H,9H2,1H3,(H,27,32)(H,30,31). The van der Waals surface area contributed by atoms with E-state index in [-0.39, 0.29) is 33.9 Å². The molecule has 0 saturated heterocycles. The maximum atomic E-state index is 15.0. The van der Waals surface area contributed by atoms with Crippen LogP contribution in [0.15, 0.2) is 57.7 Å². The molecule has 0 aliphatic heterocycles. The Morgan fingerprint density at radius 1 is 1.20 bits per heavy atom. The van der Waals surface area contributed by atoms with Gasteiger partial charge >= 0.3 is 11.7 Å². The molecule has 0 bridgehead atoms. The topological polar surface area (TPSA) is 136 Å². The van der Waals surface area contributed by atoms with E-state index in [1.807, 2.05) is 0 Å². The molecule has 5 rings (SSSR count). The van der Waals surface area contributed by atoms with E-state index in [1.165, 1.54) is 12.5 Å². The zero-order valence-corrected chi connectivity index (χ0v) is 18.8. The highest BCUT2D eigenvalue weighted by Gasteiger charge is 2.22. The summed E-state index contributed by atoms with van der Waals surface area (Å²) in [4.78, 5) is 48.0. The Morgan fingerprint density at radius 3 is 2.77 bits per heavy atom. The number of nitrogens with zero attached hydrogens (tertiary/aromatic N) is 3. The summed E-state index contributed by atoms with van der Waals surface area (Å²) in [6.45, 7) is 0.00937. The third kappa shape index (κ3) is 3.79. The maximum Gasteiger partial charge on any atom is 0.346 e. The van der Waals surface area contributed by atoms with Crippen molar-refractivity contribution in [2.24, 2.45) is 0 Å². The summed E-state index contributed by atoms with van der Waals surface area (Å²) in [7, 11) is 1.32. The number of aromatic carboxylic acids is 1. The minimum atomic E-state index is -1.34. The van der Waals surface area contributed by atoms with Gasteiger partial charge in [-0.2, -0.15) is 0 Å². The molecule has 5 aromatic rings. The average Bonchev–Trinajstić information content (AvgIpc) is 3.28. The number of methoxy groups -OCH3 is 1. The number of aromatic amines is 1. The van der Waals surface area contributed by atoms with Crippen LogP contribution in [0, 0.1) is 5.82 Å². The molecule has 0 spiro atoms. The Balaban J connectivity index is 1.62. The third-order valence-electron chi connectivity index (χ3n) is 5.29. The lowest BCUT2D eigenvalue weighted by molar-refractivity contribution is 0.0704. The first-order valence-corrected chi connectivity index (χ1v) is 11.0. The number of carboxylic acids is 1. The highest BCUT2D eigenvalue weighted by molar-refractivity contribution is 7.13. The summed E-state index contributed by atoms with van der Waals surface area (Å²) in [5, 5.41) is 10.5. The molecule has 0 fully saturated rings. The first-order chi connectivity index (χ1) is 16.9. The number of hydrogen-bond acceptors (Lipinski definition) is 8. The number of rotatable bonds is 6. The number of fused-ring (bicyclic) bond motifs is 2. The van der Waals surface area contributed by atoms with Crippen LogP contribution in [0.4, 0.5) is 4.39 Å². The number of thiophene rings is 1. The molecular weight excluding hydrogens is 479 g/mol. The number of carboxylic acid groups (broad SMARTS) is 1. The van der Waals surface area contributed by atoms with Crippen LogP contribution in [0.2, 0.25) is 0 Å². The quantitative estimate of drug-likeness (QED) is 0.368. The van der Waals surface area contributed by atoms with Crippen molar-refractivity contribution in [1.29, 1.82) is 0 Å². The molecule has 0 atom stereocenters. The van der Waals surface area contributed by atoms with Gasteiger partial charge in [0.15, 0.2) is 17.3 Å². The van der Waals surface area contributed by atoms with Crippen LogP contribution in [-0.2, 0) is 6.61 Å². The van der Waals surface area contributed by atoms with E-state index in [2.05, 4.69) is 15.0 Å². The second-order valence-corrected chi connectivity index (χ2v) is 8.19. The van der Waals surface area contributed by atoms with E-state index in [0.29, 0.717) is 21.2 Å². The largest absolute Gasteiger partial charge is 0.493 e. The number of H-pyrrole nitrogens is 1. The van der Waals surface area contributed by atoms with Gasteiger partial charge in [-0.05, 0) is 6.07 Å². The summed E-state index contributed by atoms with van der Waals surface area (Å²) < 4.78 is 26.7. The molecule has 0 unspecified atom stereocenters. The van der Waals surface area contributed by atoms with Gasteiger partial charge in [0.05, 0.1) is 34.7 Å². The van der Waals surface area contributed by atoms with Gasteiger partial charge in [0.25, 0.3) is 5.56 Å². The summed E-state index contributed by atoms with van der Waals surface area (Å²) in [5.41, 5.74) is -0.289. The Bertz CT molecular complexity index is 1740. The third-order valence-corrected chi connectivity index (χ3v) is 6.25. The number of halogens is 1. The summed E-state index contributed by atoms with van der Waals surface area (Å²) in [6.07, 6.45) is 3.12. The van der Waals surface area contributed by atoms with Gasteiger partial charge in [0.2, 0.25) is 0 Å². The SMILES string of the molecule is COc1cc(F)c(-n2c(=O)[nH]c3csc(C(=O)O)c3c2=O)cc1OCc1cccc2nccnc12. The summed E-state index contributed by atoms with van der Waals surface area (Å²) >= 11 is 0.785. The molecule has 2 aromatic carbocycles. The van der Waals surface area contributed by atoms with Crippen molar-refractivity contribution < 1.29 is 23.8 Å². The van der Waals surface area contributed by atoms with Gasteiger partial charge in [-0.3, -0.25) is 14.8 Å². The lowest BCUT2D eigenvalue weighted by atomic mass is 10.2. The molecule has 2 N–H and O–H groups in total. The number of carbonyl (C=O) groups is 1. The molecule has 3 aromatic heterocycles. The highest BCUT2D eigenvalue weighted by atomic mass is 32.1. The lowest BCUT2D eigenvalue weighted by Crippen LogP contribution is -2.34. The molecule has 12 heteroatoms. The number of benzene rings is 2. The molecule has 0 radical (unpaired) electrons. The maximum absolute atomic E-state index is 15.0. The van der Waals surface area contributed by atoms with Crippen molar-refractivity contribution in [1.82, 2.24) is 19.5 Å². The van der Waals surface area contributed by atoms with Crippen molar-refractivity contribution in [3.8, 4) is 17.2 Å². The van der Waals surface area contributed by atoms with Gasteiger partial charge in [-0.15, -0.1) is 11.3 Å². The van der Waals surface area contributed by atoms with Crippen LogP contribution in [0.25, 0.3) is 27.6 Å². The number of aromatic nitrogens is 4. The zero-order chi connectivity index (χ0) is 24.7. The molecule has 10 nitrogen and oxygen atoms in total. The van der Waals surface area contributed by atoms with Gasteiger partial charge in [-0.25, -0.2) is 18.5 Å². The van der Waals surface area contributed by atoms with Crippen LogP contribution in [0.1, 0.15) is 15.2 Å². The van der Waals surface area contributed by atoms with Crippen molar-refractivity contribution in [2.45, 2.75) is 6.61 Å². The van der Waals surface area contributed by atoms with Crippen LogP contribution in [-0.4, -0.2) is 37.7 Å². The Morgan fingerprint density at radius 2 is 2.00 bits per heavy atom. The van der Waals surface area contributed by atoms with Gasteiger partial charge < -0.3 is 19.6 Å². The Labute approximate surface area is 198 Å². The molecule has 0 aliphatic rings. The highest BCUT2D eigenvalue weighted by Crippen LogP contribution is 2.32. The van der Waals surface area contributed by atoms with Crippen molar-refractivity contribution in [2.75, 3.05) is 7.11 Å². The van der Waals surface area contributed by atoms with E-state index < -0.39 is 28.7 Å². The monoisotopic (exact) mass is 494 g/mol. The number of para-hydroxylation sites is 1. The van der Waals surface area contributed by atoms with Crippen LogP contribution in [0.3, 0.4) is 0 Å². The van der Waals surface area contributed by atoms with Crippen molar-refractivity contribution >= 4 is 39.2 Å². The fraction of sp³-hybridized carbons (Fsp3) is 0.0870. The van der Waals surface area contributed by atoms with Gasteiger partial charge in [0.1, 0.15) is 11.5 Å². The lowest BCUT2D eigenvalue weighted by Gasteiger charge is -2.14. The smallest absolute Gasteiger partial charge is 0.346 e. The summed E-state index contributed by atoms with van der Waals surface area (Å²) in [5.74, 6) is -2.19. The van der Waals surface area contributed by atoms with Crippen LogP contribution >= 0.6 is 11.3 Å². The van der Waals surface area contributed by atoms with Crippen LogP contribution < -0.4 is 20.7 Å². The first kappa shape index (κ1) is 22.2. The van der Waals surface area contributed by atoms with Crippen molar-refractivity contribution in [3.05, 3.63) is 85.2 Å². The summed E-state index contributed by atoms with van der Waals surface area (Å²) in [6, 6.07) is 7.52. The molecule has 0 aliphatic carbocycles. The van der Waals surface area contributed by atoms with E-state index in [4.69, 9.17) is 9.47 Å². The number of ether oxygens (including phenoxy) is 2. The molecule has 0 amide bonds. The Kier molecular flexibility index (Phi) is 5.49. The molecule has 35 heavy (non-hydrogen) atoms. The predicted molar refractivity (Wildman–Crippen MR) is 125 cm³/mol. The fourth-order valence-corrected chi connectivity index (χ4v) is 4.53. The zero-order valence-electron chi connectivity index (χ0n) is 17.9. The molecule has 3 heterocycles. The van der Waals surface area contributed by atoms with Gasteiger partial charge in [-0.1, -0.05) is 12.1 Å². The van der Waals surface area contributed by atoms with E-state index in [9.17, 15) is 19.5 Å². The predicted octanol–water partition coefficient (Wildman–Crippen LogP) is 3.11. The molecule has 0 saturated carbocycles. The second-order valence-electron chi connectivity index (χ2n) is 7.31.